The predicted octanol–water partition coefficient (Wildman–Crippen LogP) is 3.52. The van der Waals surface area contributed by atoms with Gasteiger partial charge in [-0.2, -0.15) is 0 Å². The fraction of sp³-hybridized carbons (Fsp3) is 0.381. The van der Waals surface area contributed by atoms with Crippen LogP contribution in [0.25, 0.3) is 0 Å². The van der Waals surface area contributed by atoms with Crippen LogP contribution in [0.2, 0.25) is 0 Å². The zero-order chi connectivity index (χ0) is 18.5. The molecule has 1 saturated heterocycles. The summed E-state index contributed by atoms with van der Waals surface area (Å²) in [7, 11) is 1.58. The summed E-state index contributed by atoms with van der Waals surface area (Å²) in [6.45, 7) is 5.60. The molecule has 1 fully saturated rings. The Hall–Kier alpha value is -2.53. The van der Waals surface area contributed by atoms with Crippen molar-refractivity contribution in [3.63, 3.8) is 0 Å². The highest BCUT2D eigenvalue weighted by Crippen LogP contribution is 2.29. The first-order chi connectivity index (χ1) is 12.6. The highest BCUT2D eigenvalue weighted by atomic mass is 16.5. The second kappa shape index (κ2) is 8.23. The van der Waals surface area contributed by atoms with Crippen LogP contribution in [0.3, 0.4) is 0 Å². The molecule has 0 N–H and O–H groups in total. The Bertz CT molecular complexity index is 737. The average Bonchev–Trinajstić information content (AvgIpc) is 2.65. The maximum Gasteiger partial charge on any atom is 0.254 e. The first-order valence-corrected chi connectivity index (χ1v) is 8.86. The van der Waals surface area contributed by atoms with Crippen molar-refractivity contribution in [1.29, 1.82) is 0 Å². The van der Waals surface area contributed by atoms with Crippen LogP contribution in [0.15, 0.2) is 48.5 Å². The SMILES string of the molecule is COc1cc(C(=O)N2C[C@@H](C)O[C@@H](C)C2)ccc1OCc1ccccc1. The second-order valence-corrected chi connectivity index (χ2v) is 6.61. The lowest BCUT2D eigenvalue weighted by Crippen LogP contribution is -2.48. The maximum absolute atomic E-state index is 12.8. The van der Waals surface area contributed by atoms with Crippen molar-refractivity contribution in [2.45, 2.75) is 32.7 Å². The number of rotatable bonds is 5. The summed E-state index contributed by atoms with van der Waals surface area (Å²) in [6, 6.07) is 15.3. The summed E-state index contributed by atoms with van der Waals surface area (Å²) in [5.41, 5.74) is 1.67. The first-order valence-electron chi connectivity index (χ1n) is 8.86. The van der Waals surface area contributed by atoms with Gasteiger partial charge in [-0.1, -0.05) is 30.3 Å². The summed E-state index contributed by atoms with van der Waals surface area (Å²) in [6.07, 6.45) is 0.0798. The lowest BCUT2D eigenvalue weighted by Gasteiger charge is -2.35. The number of benzene rings is 2. The Kier molecular flexibility index (Phi) is 5.78. The topological polar surface area (TPSA) is 48.0 Å². The van der Waals surface area contributed by atoms with E-state index in [9.17, 15) is 4.79 Å². The molecule has 1 aliphatic heterocycles. The number of amides is 1. The molecule has 2 aromatic rings. The average molecular weight is 355 g/mol. The summed E-state index contributed by atoms with van der Waals surface area (Å²) in [5.74, 6) is 1.16. The van der Waals surface area contributed by atoms with Gasteiger partial charge in [0.05, 0.1) is 19.3 Å². The van der Waals surface area contributed by atoms with Gasteiger partial charge in [0.2, 0.25) is 0 Å². The van der Waals surface area contributed by atoms with E-state index in [0.717, 1.165) is 5.56 Å². The van der Waals surface area contributed by atoms with Crippen molar-refractivity contribution >= 4 is 5.91 Å². The van der Waals surface area contributed by atoms with Crippen LogP contribution in [0.5, 0.6) is 11.5 Å². The fourth-order valence-electron chi connectivity index (χ4n) is 3.18. The van der Waals surface area contributed by atoms with E-state index in [-0.39, 0.29) is 18.1 Å². The van der Waals surface area contributed by atoms with Crippen LogP contribution in [0.4, 0.5) is 0 Å². The molecule has 0 saturated carbocycles. The van der Waals surface area contributed by atoms with Gasteiger partial charge in [-0.15, -0.1) is 0 Å². The molecule has 138 valence electrons. The van der Waals surface area contributed by atoms with Gasteiger partial charge in [-0.25, -0.2) is 0 Å². The van der Waals surface area contributed by atoms with E-state index in [1.54, 1.807) is 25.3 Å². The minimum atomic E-state index is -0.0140. The van der Waals surface area contributed by atoms with Crippen molar-refractivity contribution in [3.05, 3.63) is 59.7 Å². The zero-order valence-electron chi connectivity index (χ0n) is 15.5. The van der Waals surface area contributed by atoms with E-state index in [0.29, 0.717) is 36.8 Å². The molecule has 1 amide bonds. The highest BCUT2D eigenvalue weighted by molar-refractivity contribution is 5.95. The number of hydrogen-bond donors (Lipinski definition) is 0. The minimum Gasteiger partial charge on any atom is -0.493 e. The molecule has 5 nitrogen and oxygen atoms in total. The molecule has 0 radical (unpaired) electrons. The van der Waals surface area contributed by atoms with Gasteiger partial charge in [0.15, 0.2) is 11.5 Å². The molecule has 1 aliphatic rings. The Morgan fingerprint density at radius 1 is 1.08 bits per heavy atom. The van der Waals surface area contributed by atoms with E-state index in [4.69, 9.17) is 14.2 Å². The van der Waals surface area contributed by atoms with E-state index < -0.39 is 0 Å². The van der Waals surface area contributed by atoms with Crippen LogP contribution >= 0.6 is 0 Å². The van der Waals surface area contributed by atoms with Gasteiger partial charge < -0.3 is 19.1 Å². The highest BCUT2D eigenvalue weighted by Gasteiger charge is 2.27. The van der Waals surface area contributed by atoms with E-state index in [2.05, 4.69) is 0 Å². The van der Waals surface area contributed by atoms with E-state index in [1.807, 2.05) is 49.1 Å². The van der Waals surface area contributed by atoms with E-state index >= 15 is 0 Å². The number of carbonyl (C=O) groups is 1. The van der Waals surface area contributed by atoms with Crippen LogP contribution in [0, 0.1) is 0 Å². The van der Waals surface area contributed by atoms with Crippen LogP contribution < -0.4 is 9.47 Å². The maximum atomic E-state index is 12.8. The molecule has 0 spiro atoms. The van der Waals surface area contributed by atoms with Crippen molar-refractivity contribution in [2.75, 3.05) is 20.2 Å². The molecule has 1 heterocycles. The monoisotopic (exact) mass is 355 g/mol. The summed E-state index contributed by atoms with van der Waals surface area (Å²) >= 11 is 0. The molecule has 0 unspecified atom stereocenters. The molecule has 2 aromatic carbocycles. The molecule has 2 atom stereocenters. The number of carbonyl (C=O) groups excluding carboxylic acids is 1. The van der Waals surface area contributed by atoms with Crippen LogP contribution in [0.1, 0.15) is 29.8 Å². The van der Waals surface area contributed by atoms with Gasteiger partial charge in [0.1, 0.15) is 6.61 Å². The molecule has 0 bridgehead atoms. The zero-order valence-corrected chi connectivity index (χ0v) is 15.5. The van der Waals surface area contributed by atoms with Gasteiger partial charge in [0.25, 0.3) is 5.91 Å². The number of methoxy groups -OCH3 is 1. The molecular formula is C21H25NO4. The summed E-state index contributed by atoms with van der Waals surface area (Å²) in [4.78, 5) is 14.7. The third-order valence-electron chi connectivity index (χ3n) is 4.35. The summed E-state index contributed by atoms with van der Waals surface area (Å²) < 4.78 is 17.0. The Morgan fingerprint density at radius 3 is 2.42 bits per heavy atom. The number of morpholine rings is 1. The smallest absolute Gasteiger partial charge is 0.254 e. The van der Waals surface area contributed by atoms with Gasteiger partial charge >= 0.3 is 0 Å². The predicted molar refractivity (Wildman–Crippen MR) is 99.7 cm³/mol. The Balaban J connectivity index is 1.72. The van der Waals surface area contributed by atoms with Gasteiger partial charge in [0, 0.05) is 18.7 Å². The van der Waals surface area contributed by atoms with Crippen molar-refractivity contribution in [2.24, 2.45) is 0 Å². The standard InChI is InChI=1S/C21H25NO4/c1-15-12-22(13-16(2)26-15)21(23)18-9-10-19(20(11-18)24-3)25-14-17-7-5-4-6-8-17/h4-11,15-16H,12-14H2,1-3H3/t15-,16+. The molecule has 0 aromatic heterocycles. The lowest BCUT2D eigenvalue weighted by molar-refractivity contribution is -0.0586. The molecule has 5 heteroatoms. The van der Waals surface area contributed by atoms with Crippen LogP contribution in [-0.2, 0) is 11.3 Å². The number of hydrogen-bond acceptors (Lipinski definition) is 4. The minimum absolute atomic E-state index is 0.0140. The third-order valence-corrected chi connectivity index (χ3v) is 4.35. The Morgan fingerprint density at radius 2 is 1.77 bits per heavy atom. The number of ether oxygens (including phenoxy) is 3. The molecular weight excluding hydrogens is 330 g/mol. The Labute approximate surface area is 154 Å². The fourth-order valence-corrected chi connectivity index (χ4v) is 3.18. The second-order valence-electron chi connectivity index (χ2n) is 6.61. The largest absolute Gasteiger partial charge is 0.493 e. The number of nitrogens with zero attached hydrogens (tertiary/aromatic N) is 1. The van der Waals surface area contributed by atoms with E-state index in [1.165, 1.54) is 0 Å². The molecule has 26 heavy (non-hydrogen) atoms. The quantitative estimate of drug-likeness (QED) is 0.823. The van der Waals surface area contributed by atoms with Crippen molar-refractivity contribution < 1.29 is 19.0 Å². The van der Waals surface area contributed by atoms with Gasteiger partial charge in [-0.3, -0.25) is 4.79 Å². The van der Waals surface area contributed by atoms with Gasteiger partial charge in [-0.05, 0) is 37.6 Å². The summed E-state index contributed by atoms with van der Waals surface area (Å²) in [5, 5.41) is 0. The lowest BCUT2D eigenvalue weighted by atomic mass is 10.1. The first kappa shape index (κ1) is 18.3. The van der Waals surface area contributed by atoms with Crippen molar-refractivity contribution in [3.8, 4) is 11.5 Å². The normalized spacial score (nSPS) is 19.9. The molecule has 0 aliphatic carbocycles. The molecule has 3 rings (SSSR count). The van der Waals surface area contributed by atoms with Crippen molar-refractivity contribution in [1.82, 2.24) is 4.90 Å². The third kappa shape index (κ3) is 4.35. The van der Waals surface area contributed by atoms with Crippen LogP contribution in [-0.4, -0.2) is 43.2 Å².